The Balaban J connectivity index is 2.34. The van der Waals surface area contributed by atoms with Crippen LogP contribution in [0.1, 0.15) is 38.9 Å². The van der Waals surface area contributed by atoms with Crippen molar-refractivity contribution in [2.24, 2.45) is 0 Å². The molecule has 2 aromatic rings. The zero-order chi connectivity index (χ0) is 18.0. The van der Waals surface area contributed by atoms with Crippen LogP contribution in [0.25, 0.3) is 5.57 Å². The molecule has 2 rings (SSSR count). The van der Waals surface area contributed by atoms with Gasteiger partial charge < -0.3 is 4.74 Å². The van der Waals surface area contributed by atoms with Crippen LogP contribution in [-0.4, -0.2) is 12.9 Å². The topological polar surface area (TPSA) is 26.3 Å². The molecule has 0 aromatic heterocycles. The van der Waals surface area contributed by atoms with Gasteiger partial charge in [-0.25, -0.2) is 0 Å². The zero-order valence-corrected chi connectivity index (χ0v) is 15.5. The molecule has 2 aromatic carbocycles. The maximum absolute atomic E-state index is 12.8. The van der Waals surface area contributed by atoms with E-state index >= 15 is 0 Å². The van der Waals surface area contributed by atoms with E-state index in [1.807, 2.05) is 26.8 Å². The molecule has 0 unspecified atom stereocenters. The number of carbonyl (C=O) groups excluding carboxylic acids is 1. The van der Waals surface area contributed by atoms with Gasteiger partial charge in [-0.15, -0.1) is 0 Å². The summed E-state index contributed by atoms with van der Waals surface area (Å²) in [7, 11) is 1.66. The Bertz CT molecular complexity index is 813. The van der Waals surface area contributed by atoms with Crippen molar-refractivity contribution in [3.63, 3.8) is 0 Å². The van der Waals surface area contributed by atoms with E-state index in [4.69, 9.17) is 4.74 Å². The lowest BCUT2D eigenvalue weighted by molar-refractivity contribution is -0.113. The van der Waals surface area contributed by atoms with E-state index in [2.05, 4.69) is 38.6 Å². The molecule has 0 bridgehead atoms. The highest BCUT2D eigenvalue weighted by molar-refractivity contribution is 6.21. The van der Waals surface area contributed by atoms with Crippen molar-refractivity contribution in [3.05, 3.63) is 69.8 Å². The Labute approximate surface area is 145 Å². The predicted octanol–water partition coefficient (Wildman–Crippen LogP) is 5.06. The largest absolute Gasteiger partial charge is 0.496 e. The number of Topliss-reactive ketones (excluding diaryl/α,β-unsaturated/α-hetero) is 1. The third-order valence-electron chi connectivity index (χ3n) is 4.68. The smallest absolute Gasteiger partial charge is 0.167 e. The van der Waals surface area contributed by atoms with Gasteiger partial charge in [0.15, 0.2) is 5.78 Å². The maximum Gasteiger partial charge on any atom is 0.167 e. The zero-order valence-electron chi connectivity index (χ0n) is 15.5. The fourth-order valence-electron chi connectivity index (χ4n) is 3.29. The number of benzene rings is 2. The molecule has 126 valence electrons. The predicted molar refractivity (Wildman–Crippen MR) is 101 cm³/mol. The molecule has 0 saturated carbocycles. The Morgan fingerprint density at radius 2 is 1.62 bits per heavy atom. The van der Waals surface area contributed by atoms with Crippen molar-refractivity contribution >= 4 is 11.4 Å². The Kier molecular flexibility index (Phi) is 5.28. The lowest BCUT2D eigenvalue weighted by atomic mass is 9.89. The quantitative estimate of drug-likeness (QED) is 0.719. The monoisotopic (exact) mass is 322 g/mol. The Morgan fingerprint density at radius 3 is 2.21 bits per heavy atom. The van der Waals surface area contributed by atoms with Gasteiger partial charge in [-0.1, -0.05) is 30.8 Å². The molecule has 2 nitrogen and oxygen atoms in total. The van der Waals surface area contributed by atoms with E-state index in [-0.39, 0.29) is 5.78 Å². The number of hydrogen-bond acceptors (Lipinski definition) is 2. The van der Waals surface area contributed by atoms with Gasteiger partial charge in [0.2, 0.25) is 0 Å². The second-order valence-electron chi connectivity index (χ2n) is 6.54. The first-order valence-corrected chi connectivity index (χ1v) is 8.19. The Hall–Kier alpha value is -2.35. The molecule has 0 N–H and O–H groups in total. The molecule has 0 amide bonds. The van der Waals surface area contributed by atoms with Crippen LogP contribution in [0.2, 0.25) is 0 Å². The van der Waals surface area contributed by atoms with Gasteiger partial charge in [-0.3, -0.25) is 4.79 Å². The van der Waals surface area contributed by atoms with Gasteiger partial charge >= 0.3 is 0 Å². The first kappa shape index (κ1) is 18.0. The third kappa shape index (κ3) is 3.43. The first-order valence-electron chi connectivity index (χ1n) is 8.19. The average Bonchev–Trinajstić information content (AvgIpc) is 2.50. The van der Waals surface area contributed by atoms with E-state index in [1.54, 1.807) is 7.11 Å². The fourth-order valence-corrected chi connectivity index (χ4v) is 3.29. The number of ketones is 1. The molecule has 0 aliphatic heterocycles. The number of ether oxygens (including phenoxy) is 1. The number of carbonyl (C=O) groups is 1. The lowest BCUT2D eigenvalue weighted by Gasteiger charge is -2.17. The van der Waals surface area contributed by atoms with Crippen molar-refractivity contribution in [1.82, 2.24) is 0 Å². The highest BCUT2D eigenvalue weighted by Crippen LogP contribution is 2.33. The van der Waals surface area contributed by atoms with Crippen LogP contribution in [0.4, 0.5) is 0 Å². The number of hydrogen-bond donors (Lipinski definition) is 0. The molecule has 0 heterocycles. The van der Waals surface area contributed by atoms with Crippen molar-refractivity contribution in [3.8, 4) is 5.75 Å². The minimum Gasteiger partial charge on any atom is -0.496 e. The molecule has 2 heteroatoms. The van der Waals surface area contributed by atoms with Crippen molar-refractivity contribution in [2.75, 3.05) is 7.11 Å². The van der Waals surface area contributed by atoms with Crippen LogP contribution in [-0.2, 0) is 11.2 Å². The summed E-state index contributed by atoms with van der Waals surface area (Å²) in [4.78, 5) is 12.8. The van der Waals surface area contributed by atoms with E-state index < -0.39 is 0 Å². The van der Waals surface area contributed by atoms with E-state index in [9.17, 15) is 4.79 Å². The van der Waals surface area contributed by atoms with Gasteiger partial charge in [-0.2, -0.15) is 0 Å². The average molecular weight is 322 g/mol. The lowest BCUT2D eigenvalue weighted by Crippen LogP contribution is -2.09. The summed E-state index contributed by atoms with van der Waals surface area (Å²) in [6, 6.07) is 8.21. The molecule has 0 fully saturated rings. The highest BCUT2D eigenvalue weighted by atomic mass is 16.5. The van der Waals surface area contributed by atoms with Gasteiger partial charge in [0.25, 0.3) is 0 Å². The summed E-state index contributed by atoms with van der Waals surface area (Å²) in [5, 5.41) is 0. The standard InChI is InChI=1S/C22H26O2/c1-13-8-9-19(11-14(13)2)12-20(23)17(5)21-15(3)10-16(4)22(24-7)18(21)6/h8-11H,5,12H2,1-4,6-7H3. The molecule has 0 aliphatic carbocycles. The molecular weight excluding hydrogens is 296 g/mol. The normalized spacial score (nSPS) is 10.6. The summed E-state index contributed by atoms with van der Waals surface area (Å²) < 4.78 is 5.50. The minimum absolute atomic E-state index is 0.0513. The SMILES string of the molecule is C=C(C(=O)Cc1ccc(C)c(C)c1)c1c(C)cc(C)c(OC)c1C. The molecule has 0 saturated heterocycles. The van der Waals surface area contributed by atoms with E-state index in [0.717, 1.165) is 33.6 Å². The summed E-state index contributed by atoms with van der Waals surface area (Å²) in [6.45, 7) is 14.2. The molecule has 24 heavy (non-hydrogen) atoms. The summed E-state index contributed by atoms with van der Waals surface area (Å²) in [6.07, 6.45) is 0.370. The van der Waals surface area contributed by atoms with Gasteiger partial charge in [-0.05, 0) is 73.6 Å². The van der Waals surface area contributed by atoms with Crippen LogP contribution in [0.15, 0.2) is 30.8 Å². The number of methoxy groups -OCH3 is 1. The van der Waals surface area contributed by atoms with E-state index in [1.165, 1.54) is 11.1 Å². The Morgan fingerprint density at radius 1 is 0.958 bits per heavy atom. The first-order chi connectivity index (χ1) is 11.3. The third-order valence-corrected chi connectivity index (χ3v) is 4.68. The van der Waals surface area contributed by atoms with Crippen LogP contribution < -0.4 is 4.74 Å². The molecule has 0 radical (unpaired) electrons. The van der Waals surface area contributed by atoms with Crippen LogP contribution >= 0.6 is 0 Å². The van der Waals surface area contributed by atoms with Crippen LogP contribution in [0.5, 0.6) is 5.75 Å². The second-order valence-corrected chi connectivity index (χ2v) is 6.54. The molecular formula is C22H26O2. The van der Waals surface area contributed by atoms with Crippen molar-refractivity contribution in [2.45, 2.75) is 41.0 Å². The molecule has 0 aliphatic rings. The van der Waals surface area contributed by atoms with Crippen LogP contribution in [0, 0.1) is 34.6 Å². The van der Waals surface area contributed by atoms with Gasteiger partial charge in [0.1, 0.15) is 5.75 Å². The fraction of sp³-hybridized carbons (Fsp3) is 0.318. The second kappa shape index (κ2) is 7.04. The summed E-state index contributed by atoms with van der Waals surface area (Å²) in [5.74, 6) is 0.881. The minimum atomic E-state index is 0.0513. The highest BCUT2D eigenvalue weighted by Gasteiger charge is 2.18. The van der Waals surface area contributed by atoms with Crippen molar-refractivity contribution < 1.29 is 9.53 Å². The van der Waals surface area contributed by atoms with E-state index in [0.29, 0.717) is 12.0 Å². The van der Waals surface area contributed by atoms with Crippen LogP contribution in [0.3, 0.4) is 0 Å². The number of rotatable bonds is 5. The summed E-state index contributed by atoms with van der Waals surface area (Å²) >= 11 is 0. The molecule has 0 atom stereocenters. The van der Waals surface area contributed by atoms with Gasteiger partial charge in [0, 0.05) is 12.0 Å². The molecule has 0 spiro atoms. The maximum atomic E-state index is 12.8. The summed E-state index contributed by atoms with van der Waals surface area (Å²) in [5.41, 5.74) is 8.05. The number of allylic oxidation sites excluding steroid dienone is 1. The van der Waals surface area contributed by atoms with Crippen molar-refractivity contribution in [1.29, 1.82) is 0 Å². The number of aryl methyl sites for hydroxylation is 4. The van der Waals surface area contributed by atoms with Gasteiger partial charge in [0.05, 0.1) is 7.11 Å².